The van der Waals surface area contributed by atoms with Crippen molar-refractivity contribution in [2.75, 3.05) is 13.2 Å². The zero-order valence-electron chi connectivity index (χ0n) is 47.1. The van der Waals surface area contributed by atoms with Crippen LogP contribution in [0.4, 0.5) is 0 Å². The van der Waals surface area contributed by atoms with Gasteiger partial charge in [-0.2, -0.15) is 0 Å². The number of unbranched alkanes of at least 4 members (excludes halogenated alkanes) is 49. The van der Waals surface area contributed by atoms with E-state index in [0.717, 1.165) is 38.5 Å². The van der Waals surface area contributed by atoms with Crippen LogP contribution in [0.5, 0.6) is 0 Å². The zero-order valence-corrected chi connectivity index (χ0v) is 47.1. The van der Waals surface area contributed by atoms with Gasteiger partial charge in [0.05, 0.1) is 25.4 Å². The van der Waals surface area contributed by atoms with Crippen molar-refractivity contribution in [3.8, 4) is 0 Å². The van der Waals surface area contributed by atoms with Gasteiger partial charge in [-0.25, -0.2) is 0 Å². The Morgan fingerprint density at radius 3 is 0.884 bits per heavy atom. The van der Waals surface area contributed by atoms with E-state index in [1.165, 1.54) is 295 Å². The molecule has 0 aromatic carbocycles. The van der Waals surface area contributed by atoms with Crippen LogP contribution in [0.3, 0.4) is 0 Å². The Labute approximate surface area is 432 Å². The minimum atomic E-state index is -0.663. The summed E-state index contributed by atoms with van der Waals surface area (Å²) in [4.78, 5) is 24.5. The molecule has 0 aliphatic carbocycles. The molecule has 0 spiro atoms. The summed E-state index contributed by atoms with van der Waals surface area (Å²) in [5, 5.41) is 23.4. The van der Waals surface area contributed by atoms with Crippen LogP contribution in [0.1, 0.15) is 367 Å². The summed E-state index contributed by atoms with van der Waals surface area (Å²) in [5.41, 5.74) is 0. The lowest BCUT2D eigenvalue weighted by Crippen LogP contribution is -2.45. The van der Waals surface area contributed by atoms with E-state index in [1.54, 1.807) is 0 Å². The van der Waals surface area contributed by atoms with E-state index in [2.05, 4.69) is 19.2 Å². The second-order valence-electron chi connectivity index (χ2n) is 22.1. The van der Waals surface area contributed by atoms with E-state index in [9.17, 15) is 19.8 Å². The van der Waals surface area contributed by atoms with Crippen LogP contribution < -0.4 is 5.32 Å². The van der Waals surface area contributed by atoms with Crippen LogP contribution in [0.2, 0.25) is 0 Å². The Morgan fingerprint density at radius 2 is 0.594 bits per heavy atom. The number of hydrogen-bond acceptors (Lipinski definition) is 5. The largest absolute Gasteiger partial charge is 0.466 e. The molecule has 0 aliphatic rings. The second-order valence-corrected chi connectivity index (χ2v) is 22.1. The Hall–Kier alpha value is -1.14. The molecule has 0 saturated carbocycles. The Balaban J connectivity index is 3.37. The topological polar surface area (TPSA) is 95.9 Å². The molecule has 0 heterocycles. The van der Waals surface area contributed by atoms with Gasteiger partial charge in [-0.05, 0) is 25.7 Å². The van der Waals surface area contributed by atoms with Gasteiger partial charge in [-0.1, -0.05) is 328 Å². The fraction of sp³-hybridized carbons (Fsp3) is 0.968. The van der Waals surface area contributed by atoms with Gasteiger partial charge in [0.1, 0.15) is 0 Å². The van der Waals surface area contributed by atoms with Gasteiger partial charge >= 0.3 is 5.97 Å². The molecule has 6 heteroatoms. The van der Waals surface area contributed by atoms with Crippen LogP contribution in [0, 0.1) is 0 Å². The third kappa shape index (κ3) is 56.0. The molecule has 2 atom stereocenters. The molecule has 1 amide bonds. The highest BCUT2D eigenvalue weighted by Crippen LogP contribution is 2.19. The second kappa shape index (κ2) is 59.4. The molecular formula is C63H125NO5. The summed E-state index contributed by atoms with van der Waals surface area (Å²) in [6.45, 7) is 4.99. The summed E-state index contributed by atoms with van der Waals surface area (Å²) in [6, 6.07) is -0.540. The number of carbonyl (C=O) groups is 2. The summed E-state index contributed by atoms with van der Waals surface area (Å²) in [5.74, 6) is -0.0159. The zero-order chi connectivity index (χ0) is 50.0. The number of esters is 1. The highest BCUT2D eigenvalue weighted by Gasteiger charge is 2.20. The van der Waals surface area contributed by atoms with Crippen LogP contribution >= 0.6 is 0 Å². The first-order valence-corrected chi connectivity index (χ1v) is 31.8. The van der Waals surface area contributed by atoms with Gasteiger partial charge in [-0.3, -0.25) is 9.59 Å². The van der Waals surface area contributed by atoms with Crippen LogP contribution in [-0.4, -0.2) is 47.4 Å². The van der Waals surface area contributed by atoms with Crippen molar-refractivity contribution < 1.29 is 24.5 Å². The molecule has 6 nitrogen and oxygen atoms in total. The van der Waals surface area contributed by atoms with Gasteiger partial charge in [-0.15, -0.1) is 0 Å². The number of nitrogens with one attached hydrogen (secondary N) is 1. The molecule has 0 aromatic heterocycles. The van der Waals surface area contributed by atoms with Crippen molar-refractivity contribution in [3.05, 3.63) is 0 Å². The lowest BCUT2D eigenvalue weighted by Gasteiger charge is -2.22. The van der Waals surface area contributed by atoms with E-state index in [4.69, 9.17) is 4.74 Å². The average molecular weight is 977 g/mol. The molecule has 0 saturated heterocycles. The lowest BCUT2D eigenvalue weighted by molar-refractivity contribution is -0.143. The first-order valence-electron chi connectivity index (χ1n) is 31.8. The maximum Gasteiger partial charge on any atom is 0.305 e. The molecule has 412 valence electrons. The molecule has 0 rings (SSSR count). The van der Waals surface area contributed by atoms with Crippen molar-refractivity contribution in [3.63, 3.8) is 0 Å². The normalized spacial score (nSPS) is 12.5. The highest BCUT2D eigenvalue weighted by molar-refractivity contribution is 5.76. The maximum atomic E-state index is 12.5. The number of ether oxygens (including phenoxy) is 1. The van der Waals surface area contributed by atoms with Crippen molar-refractivity contribution in [1.29, 1.82) is 0 Å². The molecule has 3 N–H and O–H groups in total. The van der Waals surface area contributed by atoms with Gasteiger partial charge in [0.25, 0.3) is 0 Å². The Morgan fingerprint density at radius 1 is 0.348 bits per heavy atom. The van der Waals surface area contributed by atoms with E-state index >= 15 is 0 Å². The fourth-order valence-corrected chi connectivity index (χ4v) is 10.3. The van der Waals surface area contributed by atoms with E-state index in [-0.39, 0.29) is 18.5 Å². The van der Waals surface area contributed by atoms with E-state index < -0.39 is 12.1 Å². The summed E-state index contributed by atoms with van der Waals surface area (Å²) in [6.07, 6.45) is 69.7. The number of aliphatic hydroxyl groups is 2. The van der Waals surface area contributed by atoms with E-state index in [0.29, 0.717) is 25.9 Å². The van der Waals surface area contributed by atoms with Gasteiger partial charge < -0.3 is 20.3 Å². The standard InChI is InChI=1S/C63H125NO5/c1-3-5-7-9-11-13-15-17-18-19-26-29-32-35-39-43-47-51-55-61(66)60(59-65)64-62(67)56-52-48-44-40-36-33-30-27-24-22-20-21-23-25-28-31-34-38-42-46-50-54-58-69-63(68)57-53-49-45-41-37-16-14-12-10-8-6-4-2/h60-61,65-66H,3-59H2,1-2H3,(H,64,67). The number of carbonyl (C=O) groups excluding carboxylic acids is 2. The molecule has 0 aromatic rings. The highest BCUT2D eigenvalue weighted by atomic mass is 16.5. The molecule has 2 unspecified atom stereocenters. The fourth-order valence-electron chi connectivity index (χ4n) is 10.3. The molecule has 0 fully saturated rings. The SMILES string of the molecule is CCCCCCCCCCCCCCCCCCCCC(O)C(CO)NC(=O)CCCCCCCCCCCCCCCCCCCCCCCCOC(=O)CCCCCCCCCCCCCC. The molecule has 0 bridgehead atoms. The van der Waals surface area contributed by atoms with Gasteiger partial charge in [0, 0.05) is 12.8 Å². The minimum absolute atomic E-state index is 0.0151. The lowest BCUT2D eigenvalue weighted by atomic mass is 10.0. The predicted molar refractivity (Wildman–Crippen MR) is 301 cm³/mol. The number of hydrogen-bond donors (Lipinski definition) is 3. The Bertz CT molecular complexity index is 990. The number of rotatable bonds is 60. The van der Waals surface area contributed by atoms with E-state index in [1.807, 2.05) is 0 Å². The smallest absolute Gasteiger partial charge is 0.305 e. The van der Waals surface area contributed by atoms with Crippen LogP contribution in [-0.2, 0) is 14.3 Å². The Kier molecular flexibility index (Phi) is 58.4. The molecular weight excluding hydrogens is 851 g/mol. The monoisotopic (exact) mass is 976 g/mol. The summed E-state index contributed by atoms with van der Waals surface area (Å²) >= 11 is 0. The number of aliphatic hydroxyl groups excluding tert-OH is 2. The van der Waals surface area contributed by atoms with Crippen molar-refractivity contribution in [2.24, 2.45) is 0 Å². The molecule has 0 radical (unpaired) electrons. The van der Waals surface area contributed by atoms with Crippen molar-refractivity contribution >= 4 is 11.9 Å². The first-order chi connectivity index (χ1) is 34.0. The maximum absolute atomic E-state index is 12.5. The summed E-state index contributed by atoms with van der Waals surface area (Å²) in [7, 11) is 0. The van der Waals surface area contributed by atoms with Crippen LogP contribution in [0.25, 0.3) is 0 Å². The predicted octanol–water partition coefficient (Wildman–Crippen LogP) is 19.9. The van der Waals surface area contributed by atoms with Gasteiger partial charge in [0.15, 0.2) is 0 Å². The first kappa shape index (κ1) is 67.9. The van der Waals surface area contributed by atoms with Gasteiger partial charge in [0.2, 0.25) is 5.91 Å². The molecule has 69 heavy (non-hydrogen) atoms. The van der Waals surface area contributed by atoms with Crippen molar-refractivity contribution in [1.82, 2.24) is 5.32 Å². The van der Waals surface area contributed by atoms with Crippen molar-refractivity contribution in [2.45, 2.75) is 379 Å². The third-order valence-electron chi connectivity index (χ3n) is 15.2. The third-order valence-corrected chi connectivity index (χ3v) is 15.2. The number of amides is 1. The minimum Gasteiger partial charge on any atom is -0.466 e. The molecule has 0 aliphatic heterocycles. The summed E-state index contributed by atoms with van der Waals surface area (Å²) < 4.78 is 5.48. The average Bonchev–Trinajstić information content (AvgIpc) is 3.35. The van der Waals surface area contributed by atoms with Crippen LogP contribution in [0.15, 0.2) is 0 Å². The quantitative estimate of drug-likeness (QED) is 0.0417.